The average Bonchev–Trinajstić information content (AvgIpc) is 3.17. The van der Waals surface area contributed by atoms with E-state index in [4.69, 9.17) is 0 Å². The number of amides is 2. The highest BCUT2D eigenvalue weighted by Crippen LogP contribution is 2.29. The molecule has 1 N–H and O–H groups in total. The van der Waals surface area contributed by atoms with Crippen LogP contribution in [0.4, 0.5) is 0 Å². The predicted molar refractivity (Wildman–Crippen MR) is 77.1 cm³/mol. The highest BCUT2D eigenvalue weighted by atomic mass is 16.2. The number of nitrogens with one attached hydrogen (secondary N) is 1. The molecular formula is C15H22N4O2. The van der Waals surface area contributed by atoms with Crippen molar-refractivity contribution in [1.82, 2.24) is 20.0 Å². The fraction of sp³-hybridized carbons (Fsp3) is 0.667. The lowest BCUT2D eigenvalue weighted by atomic mass is 10.1. The van der Waals surface area contributed by atoms with Crippen molar-refractivity contribution in [3.8, 4) is 0 Å². The van der Waals surface area contributed by atoms with E-state index in [9.17, 15) is 9.59 Å². The van der Waals surface area contributed by atoms with Crippen LogP contribution < -0.4 is 5.32 Å². The molecule has 1 aromatic rings. The number of aryl methyl sites for hydroxylation is 1. The van der Waals surface area contributed by atoms with Gasteiger partial charge in [0.25, 0.3) is 0 Å². The second-order valence-electron chi connectivity index (χ2n) is 6.05. The summed E-state index contributed by atoms with van der Waals surface area (Å²) in [5.74, 6) is -0.0843. The quantitative estimate of drug-likeness (QED) is 0.893. The summed E-state index contributed by atoms with van der Waals surface area (Å²) in [6.07, 6.45) is 6.65. The Kier molecular flexibility index (Phi) is 3.94. The normalized spacial score (nSPS) is 23.0. The van der Waals surface area contributed by atoms with E-state index in [1.165, 1.54) is 12.8 Å². The van der Waals surface area contributed by atoms with Gasteiger partial charge in [-0.15, -0.1) is 0 Å². The molecular weight excluding hydrogens is 268 g/mol. The number of nitrogens with zero attached hydrogens (tertiary/aromatic N) is 3. The zero-order valence-electron chi connectivity index (χ0n) is 12.4. The number of carbonyl (C=O) groups excluding carboxylic acids is 2. The van der Waals surface area contributed by atoms with Crippen LogP contribution in [0.5, 0.6) is 0 Å². The molecule has 1 saturated heterocycles. The lowest BCUT2D eigenvalue weighted by Crippen LogP contribution is -2.37. The summed E-state index contributed by atoms with van der Waals surface area (Å²) in [4.78, 5) is 26.3. The van der Waals surface area contributed by atoms with E-state index in [1.54, 1.807) is 10.9 Å². The molecule has 6 heteroatoms. The predicted octanol–water partition coefficient (Wildman–Crippen LogP) is 0.827. The lowest BCUT2D eigenvalue weighted by molar-refractivity contribution is -0.130. The monoisotopic (exact) mass is 290 g/mol. The van der Waals surface area contributed by atoms with Gasteiger partial charge in [0, 0.05) is 32.3 Å². The third-order valence-corrected chi connectivity index (χ3v) is 4.66. The van der Waals surface area contributed by atoms with Crippen molar-refractivity contribution in [2.45, 2.75) is 44.7 Å². The molecule has 6 nitrogen and oxygen atoms in total. The van der Waals surface area contributed by atoms with Gasteiger partial charge in [0.2, 0.25) is 11.8 Å². The summed E-state index contributed by atoms with van der Waals surface area (Å²) < 4.78 is 1.74. The number of hydrogen-bond acceptors (Lipinski definition) is 3. The molecule has 0 bridgehead atoms. The molecule has 1 aromatic heterocycles. The van der Waals surface area contributed by atoms with Crippen LogP contribution in [-0.2, 0) is 23.2 Å². The highest BCUT2D eigenvalue weighted by molar-refractivity contribution is 5.89. The lowest BCUT2D eigenvalue weighted by Gasteiger charge is -2.23. The van der Waals surface area contributed by atoms with Gasteiger partial charge in [-0.25, -0.2) is 0 Å². The Labute approximate surface area is 124 Å². The van der Waals surface area contributed by atoms with Gasteiger partial charge in [0.05, 0.1) is 18.2 Å². The number of carbonyl (C=O) groups is 2. The van der Waals surface area contributed by atoms with Gasteiger partial charge in [0.1, 0.15) is 0 Å². The van der Waals surface area contributed by atoms with Crippen molar-refractivity contribution in [2.75, 3.05) is 6.54 Å². The molecule has 2 heterocycles. The largest absolute Gasteiger partial charge is 0.350 e. The Morgan fingerprint density at radius 1 is 1.43 bits per heavy atom. The summed E-state index contributed by atoms with van der Waals surface area (Å²) in [5.41, 5.74) is 0.959. The van der Waals surface area contributed by atoms with Crippen LogP contribution in [0.2, 0.25) is 0 Å². The van der Waals surface area contributed by atoms with E-state index in [2.05, 4.69) is 10.4 Å². The first-order valence-corrected chi connectivity index (χ1v) is 7.69. The van der Waals surface area contributed by atoms with E-state index in [0.717, 1.165) is 18.5 Å². The minimum Gasteiger partial charge on any atom is -0.350 e. The molecule has 1 saturated carbocycles. The van der Waals surface area contributed by atoms with E-state index < -0.39 is 0 Å². The fourth-order valence-corrected chi connectivity index (χ4v) is 3.37. The van der Waals surface area contributed by atoms with Gasteiger partial charge in [-0.2, -0.15) is 5.10 Å². The third kappa shape index (κ3) is 2.94. The molecule has 2 aliphatic rings. The molecule has 21 heavy (non-hydrogen) atoms. The van der Waals surface area contributed by atoms with Crippen LogP contribution in [0, 0.1) is 5.92 Å². The van der Waals surface area contributed by atoms with Gasteiger partial charge in [-0.3, -0.25) is 14.3 Å². The third-order valence-electron chi connectivity index (χ3n) is 4.66. The van der Waals surface area contributed by atoms with E-state index in [1.807, 2.05) is 18.0 Å². The van der Waals surface area contributed by atoms with Crippen molar-refractivity contribution in [3.63, 3.8) is 0 Å². The maximum Gasteiger partial charge on any atom is 0.225 e. The summed E-state index contributed by atoms with van der Waals surface area (Å²) >= 11 is 0. The first-order chi connectivity index (χ1) is 10.1. The maximum absolute atomic E-state index is 12.2. The van der Waals surface area contributed by atoms with E-state index >= 15 is 0 Å². The smallest absolute Gasteiger partial charge is 0.225 e. The van der Waals surface area contributed by atoms with Crippen LogP contribution in [-0.4, -0.2) is 39.1 Å². The van der Waals surface area contributed by atoms with E-state index in [0.29, 0.717) is 25.6 Å². The minimum absolute atomic E-state index is 0.0231. The van der Waals surface area contributed by atoms with Crippen LogP contribution in [0.3, 0.4) is 0 Å². The SMILES string of the molecule is Cn1nccc1CNC(=O)[C@H]1CC(=O)N(C2CCCC2)C1. The number of likely N-dealkylation sites (tertiary alicyclic amines) is 1. The van der Waals surface area contributed by atoms with Crippen molar-refractivity contribution in [2.24, 2.45) is 13.0 Å². The van der Waals surface area contributed by atoms with Crippen LogP contribution in [0.1, 0.15) is 37.8 Å². The Bertz CT molecular complexity index is 534. The Morgan fingerprint density at radius 2 is 2.19 bits per heavy atom. The number of hydrogen-bond donors (Lipinski definition) is 1. The molecule has 2 amide bonds. The standard InChI is InChI=1S/C15H22N4O2/c1-18-13(6-7-17-18)9-16-15(21)11-8-14(20)19(10-11)12-4-2-3-5-12/h6-7,11-12H,2-5,8-10H2,1H3,(H,16,21)/t11-/m0/s1. The van der Waals surface area contributed by atoms with Gasteiger partial charge >= 0.3 is 0 Å². The summed E-state index contributed by atoms with van der Waals surface area (Å²) in [6, 6.07) is 2.25. The van der Waals surface area contributed by atoms with Gasteiger partial charge < -0.3 is 10.2 Å². The summed E-state index contributed by atoms with van der Waals surface area (Å²) in [5, 5.41) is 6.99. The molecule has 0 radical (unpaired) electrons. The van der Waals surface area contributed by atoms with E-state index in [-0.39, 0.29) is 17.7 Å². The first kappa shape index (κ1) is 14.1. The molecule has 1 aliphatic carbocycles. The zero-order valence-corrected chi connectivity index (χ0v) is 12.4. The van der Waals surface area contributed by atoms with Crippen LogP contribution in [0.25, 0.3) is 0 Å². The zero-order chi connectivity index (χ0) is 14.8. The van der Waals surface area contributed by atoms with Crippen LogP contribution >= 0.6 is 0 Å². The molecule has 1 atom stereocenters. The topological polar surface area (TPSA) is 67.2 Å². The second-order valence-corrected chi connectivity index (χ2v) is 6.05. The molecule has 0 unspecified atom stereocenters. The van der Waals surface area contributed by atoms with Gasteiger partial charge in [-0.05, 0) is 18.9 Å². The van der Waals surface area contributed by atoms with Crippen molar-refractivity contribution in [1.29, 1.82) is 0 Å². The molecule has 0 spiro atoms. The molecule has 114 valence electrons. The Morgan fingerprint density at radius 3 is 2.86 bits per heavy atom. The molecule has 3 rings (SSSR count). The minimum atomic E-state index is -0.202. The van der Waals surface area contributed by atoms with Crippen molar-refractivity contribution < 1.29 is 9.59 Å². The Balaban J connectivity index is 1.54. The molecule has 0 aromatic carbocycles. The summed E-state index contributed by atoms with van der Waals surface area (Å²) in [6.45, 7) is 1.05. The Hall–Kier alpha value is -1.85. The summed E-state index contributed by atoms with van der Waals surface area (Å²) in [7, 11) is 1.85. The number of rotatable bonds is 4. The van der Waals surface area contributed by atoms with Crippen molar-refractivity contribution >= 4 is 11.8 Å². The van der Waals surface area contributed by atoms with Gasteiger partial charge in [-0.1, -0.05) is 12.8 Å². The molecule has 2 fully saturated rings. The number of aromatic nitrogens is 2. The fourth-order valence-electron chi connectivity index (χ4n) is 3.37. The van der Waals surface area contributed by atoms with Crippen LogP contribution in [0.15, 0.2) is 12.3 Å². The molecule has 1 aliphatic heterocycles. The first-order valence-electron chi connectivity index (χ1n) is 7.69. The van der Waals surface area contributed by atoms with Gasteiger partial charge in [0.15, 0.2) is 0 Å². The maximum atomic E-state index is 12.2. The second kappa shape index (κ2) is 5.87. The average molecular weight is 290 g/mol. The van der Waals surface area contributed by atoms with Crippen molar-refractivity contribution in [3.05, 3.63) is 18.0 Å². The highest BCUT2D eigenvalue weighted by Gasteiger charge is 2.38.